The van der Waals surface area contributed by atoms with Crippen LogP contribution in [-0.2, 0) is 4.79 Å². The lowest BCUT2D eigenvalue weighted by molar-refractivity contribution is -0.118. The number of carbonyl (C=O) groups is 1. The zero-order valence-electron chi connectivity index (χ0n) is 15.5. The van der Waals surface area contributed by atoms with Crippen molar-refractivity contribution in [2.75, 3.05) is 18.4 Å². The molecule has 140 valence electrons. The van der Waals surface area contributed by atoms with Gasteiger partial charge in [0, 0.05) is 36.3 Å². The van der Waals surface area contributed by atoms with Crippen molar-refractivity contribution >= 4 is 22.8 Å². The summed E-state index contributed by atoms with van der Waals surface area (Å²) in [5.41, 5.74) is 4.04. The molecule has 6 nitrogen and oxygen atoms in total. The Labute approximate surface area is 158 Å². The Hall–Kier alpha value is -2.86. The Morgan fingerprint density at radius 2 is 2.11 bits per heavy atom. The second kappa shape index (κ2) is 7.80. The van der Waals surface area contributed by atoms with Crippen LogP contribution >= 0.6 is 0 Å². The van der Waals surface area contributed by atoms with Crippen LogP contribution in [0.3, 0.4) is 0 Å². The third kappa shape index (κ3) is 4.11. The van der Waals surface area contributed by atoms with Gasteiger partial charge in [0.2, 0.25) is 5.91 Å². The van der Waals surface area contributed by atoms with Crippen LogP contribution in [0.25, 0.3) is 11.0 Å². The molecule has 2 aromatic heterocycles. The first-order valence-electron chi connectivity index (χ1n) is 9.50. The molecule has 1 aliphatic heterocycles. The van der Waals surface area contributed by atoms with Crippen molar-refractivity contribution in [2.45, 2.75) is 32.1 Å². The standard InChI is InChI=1S/C21H25N5O/c1-14(27)24-16-4-2-3-5-17(12-16)25-20-7-6-18-19(13-23-21(18)26-20)15-8-10-22-11-9-15/h2-3,5-7,12-13,15,22H,4,8-11H2,1H3,(H,24,27)(H2,23,25,26). The lowest BCUT2D eigenvalue weighted by Crippen LogP contribution is -2.26. The molecule has 0 spiro atoms. The molecule has 0 unspecified atom stereocenters. The number of aromatic amines is 1. The number of aromatic nitrogens is 2. The van der Waals surface area contributed by atoms with Gasteiger partial charge in [0.05, 0.1) is 0 Å². The molecule has 6 heteroatoms. The number of piperidine rings is 1. The van der Waals surface area contributed by atoms with Crippen molar-refractivity contribution in [1.82, 2.24) is 20.6 Å². The van der Waals surface area contributed by atoms with Crippen molar-refractivity contribution in [1.29, 1.82) is 0 Å². The summed E-state index contributed by atoms with van der Waals surface area (Å²) in [6, 6.07) is 4.16. The summed E-state index contributed by atoms with van der Waals surface area (Å²) in [4.78, 5) is 19.4. The highest BCUT2D eigenvalue weighted by atomic mass is 16.1. The van der Waals surface area contributed by atoms with E-state index in [1.165, 1.54) is 30.7 Å². The van der Waals surface area contributed by atoms with Gasteiger partial charge in [-0.1, -0.05) is 12.2 Å². The van der Waals surface area contributed by atoms with Crippen LogP contribution in [0.5, 0.6) is 0 Å². The highest BCUT2D eigenvalue weighted by Gasteiger charge is 2.19. The van der Waals surface area contributed by atoms with Crippen LogP contribution in [0.4, 0.5) is 5.82 Å². The van der Waals surface area contributed by atoms with E-state index < -0.39 is 0 Å². The molecule has 2 aromatic rings. The van der Waals surface area contributed by atoms with Gasteiger partial charge in [-0.3, -0.25) is 4.79 Å². The number of hydrogen-bond acceptors (Lipinski definition) is 4. The number of nitrogens with zero attached hydrogens (tertiary/aromatic N) is 1. The van der Waals surface area contributed by atoms with Crippen LogP contribution in [0.2, 0.25) is 0 Å². The number of rotatable bonds is 4. The van der Waals surface area contributed by atoms with Gasteiger partial charge < -0.3 is 20.9 Å². The van der Waals surface area contributed by atoms with E-state index in [4.69, 9.17) is 4.98 Å². The van der Waals surface area contributed by atoms with Crippen LogP contribution < -0.4 is 16.0 Å². The molecule has 4 N–H and O–H groups in total. The lowest BCUT2D eigenvalue weighted by atomic mass is 9.90. The summed E-state index contributed by atoms with van der Waals surface area (Å²) in [6.07, 6.45) is 13.1. The van der Waals surface area contributed by atoms with Crippen LogP contribution in [0.1, 0.15) is 37.7 Å². The molecular weight excluding hydrogens is 338 g/mol. The summed E-state index contributed by atoms with van der Waals surface area (Å²) in [5.74, 6) is 1.31. The Bertz CT molecular complexity index is 931. The van der Waals surface area contributed by atoms with Crippen LogP contribution in [0, 0.1) is 0 Å². The highest BCUT2D eigenvalue weighted by Crippen LogP contribution is 2.31. The number of pyridine rings is 1. The monoisotopic (exact) mass is 363 g/mol. The number of carbonyl (C=O) groups excluding carboxylic acids is 1. The number of hydrogen-bond donors (Lipinski definition) is 4. The number of H-pyrrole nitrogens is 1. The quantitative estimate of drug-likeness (QED) is 0.672. The summed E-state index contributed by atoms with van der Waals surface area (Å²) in [7, 11) is 0. The summed E-state index contributed by atoms with van der Waals surface area (Å²) in [6.45, 7) is 3.68. The van der Waals surface area contributed by atoms with Gasteiger partial charge in [-0.2, -0.15) is 0 Å². The number of allylic oxidation sites excluding steroid dienone is 4. The molecular formula is C21H25N5O. The minimum Gasteiger partial charge on any atom is -0.346 e. The fourth-order valence-corrected chi connectivity index (χ4v) is 3.77. The van der Waals surface area contributed by atoms with E-state index in [1.807, 2.05) is 30.4 Å². The second-order valence-corrected chi connectivity index (χ2v) is 7.09. The third-order valence-electron chi connectivity index (χ3n) is 5.04. The molecule has 1 aliphatic carbocycles. The molecule has 4 rings (SSSR count). The van der Waals surface area contributed by atoms with Gasteiger partial charge in [-0.25, -0.2) is 4.98 Å². The maximum atomic E-state index is 11.3. The van der Waals surface area contributed by atoms with Crippen molar-refractivity contribution < 1.29 is 4.79 Å². The van der Waals surface area contributed by atoms with Crippen molar-refractivity contribution in [3.8, 4) is 0 Å². The summed E-state index contributed by atoms with van der Waals surface area (Å²) < 4.78 is 0. The van der Waals surface area contributed by atoms with Crippen molar-refractivity contribution in [3.63, 3.8) is 0 Å². The molecule has 27 heavy (non-hydrogen) atoms. The molecule has 0 radical (unpaired) electrons. The van der Waals surface area contributed by atoms with Gasteiger partial charge in [-0.15, -0.1) is 0 Å². The highest BCUT2D eigenvalue weighted by molar-refractivity contribution is 5.82. The van der Waals surface area contributed by atoms with Gasteiger partial charge in [-0.05, 0) is 61.7 Å². The average Bonchev–Trinajstić information content (AvgIpc) is 2.96. The minimum atomic E-state index is -0.0627. The first-order chi connectivity index (χ1) is 13.2. The Kier molecular flexibility index (Phi) is 5.07. The molecule has 0 aromatic carbocycles. The van der Waals surface area contributed by atoms with Gasteiger partial charge >= 0.3 is 0 Å². The van der Waals surface area contributed by atoms with E-state index in [0.717, 1.165) is 35.9 Å². The number of nitrogens with one attached hydrogen (secondary N) is 4. The van der Waals surface area contributed by atoms with Crippen LogP contribution in [0.15, 0.2) is 54.0 Å². The van der Waals surface area contributed by atoms with E-state index in [-0.39, 0.29) is 5.91 Å². The van der Waals surface area contributed by atoms with Gasteiger partial charge in [0.15, 0.2) is 0 Å². The fraction of sp³-hybridized carbons (Fsp3) is 0.333. The van der Waals surface area contributed by atoms with E-state index in [2.05, 4.69) is 33.2 Å². The van der Waals surface area contributed by atoms with E-state index in [9.17, 15) is 4.79 Å². The molecule has 1 fully saturated rings. The second-order valence-electron chi connectivity index (χ2n) is 7.09. The van der Waals surface area contributed by atoms with E-state index in [1.54, 1.807) is 0 Å². The zero-order valence-corrected chi connectivity index (χ0v) is 15.5. The molecule has 1 amide bonds. The molecule has 2 aliphatic rings. The van der Waals surface area contributed by atoms with Crippen molar-refractivity contribution in [3.05, 3.63) is 59.6 Å². The number of anilines is 1. The first kappa shape index (κ1) is 17.5. The van der Waals surface area contributed by atoms with Crippen molar-refractivity contribution in [2.24, 2.45) is 0 Å². The summed E-state index contributed by atoms with van der Waals surface area (Å²) >= 11 is 0. The predicted octanol–water partition coefficient (Wildman–Crippen LogP) is 3.31. The maximum absolute atomic E-state index is 11.3. The number of amides is 1. The number of fused-ring (bicyclic) bond motifs is 1. The normalized spacial score (nSPS) is 18.0. The minimum absolute atomic E-state index is 0.0627. The largest absolute Gasteiger partial charge is 0.346 e. The fourth-order valence-electron chi connectivity index (χ4n) is 3.77. The smallest absolute Gasteiger partial charge is 0.221 e. The summed E-state index contributed by atoms with van der Waals surface area (Å²) in [5, 5.41) is 10.8. The molecule has 0 atom stereocenters. The first-order valence-corrected chi connectivity index (χ1v) is 9.50. The molecule has 1 saturated heterocycles. The zero-order chi connectivity index (χ0) is 18.6. The maximum Gasteiger partial charge on any atom is 0.221 e. The topological polar surface area (TPSA) is 81.8 Å². The Morgan fingerprint density at radius 3 is 2.93 bits per heavy atom. The van der Waals surface area contributed by atoms with E-state index >= 15 is 0 Å². The third-order valence-corrected chi connectivity index (χ3v) is 5.04. The predicted molar refractivity (Wildman–Crippen MR) is 108 cm³/mol. The Balaban J connectivity index is 1.55. The SMILES string of the molecule is CC(=O)NC1=CC(Nc2ccc3c(C4CCNCC4)c[nH]c3n2)=CC=CC1. The lowest BCUT2D eigenvalue weighted by Gasteiger charge is -2.22. The molecule has 0 saturated carbocycles. The van der Waals surface area contributed by atoms with Crippen LogP contribution in [-0.4, -0.2) is 29.0 Å². The van der Waals surface area contributed by atoms with E-state index in [0.29, 0.717) is 12.3 Å². The molecule has 0 bridgehead atoms. The van der Waals surface area contributed by atoms with Gasteiger partial charge in [0.25, 0.3) is 0 Å². The Morgan fingerprint density at radius 1 is 1.26 bits per heavy atom. The molecule has 3 heterocycles. The average molecular weight is 363 g/mol. The van der Waals surface area contributed by atoms with Gasteiger partial charge in [0.1, 0.15) is 11.5 Å².